The molecule has 1 aliphatic rings. The van der Waals surface area contributed by atoms with Crippen molar-refractivity contribution in [2.24, 2.45) is 0 Å². The van der Waals surface area contributed by atoms with Gasteiger partial charge < -0.3 is 10.2 Å². The zero-order valence-corrected chi connectivity index (χ0v) is 10.1. The smallest absolute Gasteiger partial charge is 0.136 e. The Morgan fingerprint density at radius 3 is 3.00 bits per heavy atom. The summed E-state index contributed by atoms with van der Waals surface area (Å²) in [4.78, 5) is 6.01. The molecule has 0 amide bonds. The second kappa shape index (κ2) is 4.14. The molecule has 2 N–H and O–H groups in total. The van der Waals surface area contributed by atoms with Gasteiger partial charge in [-0.3, -0.25) is 10.4 Å². The second-order valence-corrected chi connectivity index (χ2v) is 4.37. The predicted molar refractivity (Wildman–Crippen MR) is 73.2 cm³/mol. The number of fused-ring (bicyclic) bond motifs is 1. The molecule has 90 valence electrons. The standard InChI is InChI=1S/C14H14N4/c1-10-4-5-12-13(7-10)17-9-18(14(12)15)11-3-2-6-16-8-11/h2-8,15,17H,9H2,1H3. The van der Waals surface area contributed by atoms with Crippen molar-refractivity contribution >= 4 is 17.2 Å². The van der Waals surface area contributed by atoms with Crippen LogP contribution in [0.25, 0.3) is 0 Å². The lowest BCUT2D eigenvalue weighted by atomic mass is 10.1. The highest BCUT2D eigenvalue weighted by atomic mass is 15.3. The van der Waals surface area contributed by atoms with Gasteiger partial charge >= 0.3 is 0 Å². The van der Waals surface area contributed by atoms with Crippen LogP contribution < -0.4 is 10.2 Å². The van der Waals surface area contributed by atoms with Crippen molar-refractivity contribution in [2.45, 2.75) is 6.92 Å². The summed E-state index contributed by atoms with van der Waals surface area (Å²) in [6, 6.07) is 9.93. The topological polar surface area (TPSA) is 52.0 Å². The number of anilines is 2. The van der Waals surface area contributed by atoms with E-state index in [1.165, 1.54) is 5.56 Å². The van der Waals surface area contributed by atoms with Crippen LogP contribution in [0.1, 0.15) is 11.1 Å². The quantitative estimate of drug-likeness (QED) is 0.803. The molecule has 0 atom stereocenters. The molecule has 1 aliphatic heterocycles. The Morgan fingerprint density at radius 2 is 2.22 bits per heavy atom. The molecule has 1 aromatic carbocycles. The van der Waals surface area contributed by atoms with Crippen LogP contribution in [0.5, 0.6) is 0 Å². The molecule has 4 nitrogen and oxygen atoms in total. The van der Waals surface area contributed by atoms with Gasteiger partial charge in [0.2, 0.25) is 0 Å². The molecule has 0 saturated heterocycles. The lowest BCUT2D eigenvalue weighted by molar-refractivity contribution is 1.02. The third kappa shape index (κ3) is 1.72. The van der Waals surface area contributed by atoms with Crippen molar-refractivity contribution in [2.75, 3.05) is 16.9 Å². The minimum atomic E-state index is 0.511. The van der Waals surface area contributed by atoms with E-state index >= 15 is 0 Å². The number of aryl methyl sites for hydroxylation is 1. The maximum Gasteiger partial charge on any atom is 0.136 e. The number of nitrogens with zero attached hydrogens (tertiary/aromatic N) is 2. The number of hydrogen-bond acceptors (Lipinski definition) is 3. The van der Waals surface area contributed by atoms with E-state index in [4.69, 9.17) is 5.41 Å². The van der Waals surface area contributed by atoms with Crippen molar-refractivity contribution in [3.05, 3.63) is 53.9 Å². The molecule has 1 aromatic heterocycles. The fourth-order valence-corrected chi connectivity index (χ4v) is 2.13. The Morgan fingerprint density at radius 1 is 1.33 bits per heavy atom. The molecule has 0 radical (unpaired) electrons. The largest absolute Gasteiger partial charge is 0.367 e. The van der Waals surface area contributed by atoms with Gasteiger partial charge in [-0.1, -0.05) is 6.07 Å². The monoisotopic (exact) mass is 238 g/mol. The number of aromatic nitrogens is 1. The molecule has 0 aliphatic carbocycles. The summed E-state index contributed by atoms with van der Waals surface area (Å²) in [6.07, 6.45) is 3.51. The first kappa shape index (κ1) is 10.8. The van der Waals surface area contributed by atoms with Crippen molar-refractivity contribution in [1.29, 1.82) is 5.41 Å². The fraction of sp³-hybridized carbons (Fsp3) is 0.143. The summed E-state index contributed by atoms with van der Waals surface area (Å²) in [5.74, 6) is 0.511. The molecule has 3 rings (SSSR count). The third-order valence-corrected chi connectivity index (χ3v) is 3.09. The molecule has 0 bridgehead atoms. The Labute approximate surface area is 106 Å². The van der Waals surface area contributed by atoms with Gasteiger partial charge in [0.1, 0.15) is 5.84 Å². The Hall–Kier alpha value is -2.36. The zero-order valence-electron chi connectivity index (χ0n) is 10.1. The van der Waals surface area contributed by atoms with E-state index in [0.717, 1.165) is 16.9 Å². The highest BCUT2D eigenvalue weighted by Gasteiger charge is 2.21. The first-order valence-corrected chi connectivity index (χ1v) is 5.87. The maximum absolute atomic E-state index is 8.29. The van der Waals surface area contributed by atoms with Crippen LogP contribution in [-0.2, 0) is 0 Å². The fourth-order valence-electron chi connectivity index (χ4n) is 2.13. The maximum atomic E-state index is 8.29. The van der Waals surface area contributed by atoms with Crippen LogP contribution in [0.15, 0.2) is 42.7 Å². The zero-order chi connectivity index (χ0) is 12.5. The summed E-state index contributed by atoms with van der Waals surface area (Å²) >= 11 is 0. The molecule has 0 unspecified atom stereocenters. The molecule has 2 heterocycles. The second-order valence-electron chi connectivity index (χ2n) is 4.37. The van der Waals surface area contributed by atoms with E-state index < -0.39 is 0 Å². The van der Waals surface area contributed by atoms with Gasteiger partial charge in [0.25, 0.3) is 0 Å². The summed E-state index contributed by atoms with van der Waals surface area (Å²) in [6.45, 7) is 2.65. The number of hydrogen-bond donors (Lipinski definition) is 2. The number of pyridine rings is 1. The van der Waals surface area contributed by atoms with Gasteiger partial charge in [0.05, 0.1) is 18.6 Å². The lowest BCUT2D eigenvalue weighted by Gasteiger charge is -2.32. The third-order valence-electron chi connectivity index (χ3n) is 3.09. The normalized spacial score (nSPS) is 14.1. The van der Waals surface area contributed by atoms with Crippen LogP contribution in [0, 0.1) is 12.3 Å². The Kier molecular flexibility index (Phi) is 2.48. The van der Waals surface area contributed by atoms with Crippen LogP contribution in [0.3, 0.4) is 0 Å². The predicted octanol–water partition coefficient (Wildman–Crippen LogP) is 2.60. The Balaban J connectivity index is 2.00. The van der Waals surface area contributed by atoms with Gasteiger partial charge in [0, 0.05) is 17.4 Å². The van der Waals surface area contributed by atoms with E-state index in [9.17, 15) is 0 Å². The summed E-state index contributed by atoms with van der Waals surface area (Å²) < 4.78 is 0. The lowest BCUT2D eigenvalue weighted by Crippen LogP contribution is -2.40. The van der Waals surface area contributed by atoms with Gasteiger partial charge in [-0.25, -0.2) is 0 Å². The van der Waals surface area contributed by atoms with Crippen LogP contribution in [0.2, 0.25) is 0 Å². The minimum Gasteiger partial charge on any atom is -0.367 e. The van der Waals surface area contributed by atoms with Crippen LogP contribution >= 0.6 is 0 Å². The highest BCUT2D eigenvalue weighted by Crippen LogP contribution is 2.26. The van der Waals surface area contributed by atoms with Gasteiger partial charge in [0.15, 0.2) is 0 Å². The molecular formula is C14H14N4. The van der Waals surface area contributed by atoms with Crippen molar-refractivity contribution in [3.8, 4) is 0 Å². The van der Waals surface area contributed by atoms with Crippen molar-refractivity contribution in [3.63, 3.8) is 0 Å². The first-order valence-electron chi connectivity index (χ1n) is 5.87. The number of benzene rings is 1. The van der Waals surface area contributed by atoms with Gasteiger partial charge in [-0.15, -0.1) is 0 Å². The molecule has 0 fully saturated rings. The molecular weight excluding hydrogens is 224 g/mol. The van der Waals surface area contributed by atoms with Gasteiger partial charge in [-0.2, -0.15) is 0 Å². The molecule has 0 saturated carbocycles. The molecule has 4 heteroatoms. The molecule has 18 heavy (non-hydrogen) atoms. The summed E-state index contributed by atoms with van der Waals surface area (Å²) in [5.41, 5.74) is 4.08. The highest BCUT2D eigenvalue weighted by molar-refractivity contribution is 6.13. The van der Waals surface area contributed by atoms with Crippen LogP contribution in [0.4, 0.5) is 11.4 Å². The van der Waals surface area contributed by atoms with Gasteiger partial charge in [-0.05, 0) is 36.8 Å². The summed E-state index contributed by atoms with van der Waals surface area (Å²) in [7, 11) is 0. The number of amidine groups is 1. The molecule has 0 spiro atoms. The van der Waals surface area contributed by atoms with E-state index in [0.29, 0.717) is 12.5 Å². The van der Waals surface area contributed by atoms with Crippen molar-refractivity contribution in [1.82, 2.24) is 4.98 Å². The first-order chi connectivity index (χ1) is 8.75. The van der Waals surface area contributed by atoms with E-state index in [2.05, 4.69) is 23.3 Å². The summed E-state index contributed by atoms with van der Waals surface area (Å²) in [5, 5.41) is 11.6. The van der Waals surface area contributed by atoms with E-state index in [1.807, 2.05) is 29.2 Å². The average Bonchev–Trinajstić information content (AvgIpc) is 2.40. The van der Waals surface area contributed by atoms with E-state index in [-0.39, 0.29) is 0 Å². The van der Waals surface area contributed by atoms with Crippen molar-refractivity contribution < 1.29 is 0 Å². The number of nitrogens with one attached hydrogen (secondary N) is 2. The molecule has 2 aromatic rings. The number of rotatable bonds is 1. The Bertz CT molecular complexity index is 592. The van der Waals surface area contributed by atoms with E-state index in [1.54, 1.807) is 12.4 Å². The minimum absolute atomic E-state index is 0.511. The average molecular weight is 238 g/mol. The SMILES string of the molecule is Cc1ccc2c(c1)NCN(c1cccnc1)C2=N. The van der Waals surface area contributed by atoms with Crippen LogP contribution in [-0.4, -0.2) is 17.5 Å².